The van der Waals surface area contributed by atoms with Crippen LogP contribution < -0.4 is 0 Å². The van der Waals surface area contributed by atoms with E-state index in [0.717, 1.165) is 41.2 Å². The first-order chi connectivity index (χ1) is 9.51. The van der Waals surface area contributed by atoms with Crippen molar-refractivity contribution in [2.75, 3.05) is 7.05 Å². The molecule has 2 aromatic rings. The van der Waals surface area contributed by atoms with Gasteiger partial charge in [0.15, 0.2) is 0 Å². The third-order valence-corrected chi connectivity index (χ3v) is 4.28. The van der Waals surface area contributed by atoms with Crippen molar-refractivity contribution in [3.05, 3.63) is 45.4 Å². The molecule has 0 saturated carbocycles. The summed E-state index contributed by atoms with van der Waals surface area (Å²) in [6, 6.07) is 6.15. The second kappa shape index (κ2) is 6.50. The second-order valence-electron chi connectivity index (χ2n) is 5.10. The molecule has 0 unspecified atom stereocenters. The van der Waals surface area contributed by atoms with Crippen molar-refractivity contribution in [1.82, 2.24) is 19.7 Å². The van der Waals surface area contributed by atoms with E-state index < -0.39 is 0 Å². The maximum absolute atomic E-state index is 4.55. The van der Waals surface area contributed by atoms with Crippen molar-refractivity contribution >= 4 is 15.9 Å². The molecule has 20 heavy (non-hydrogen) atoms. The predicted molar refractivity (Wildman–Crippen MR) is 84.5 cm³/mol. The molecule has 108 valence electrons. The normalized spacial score (nSPS) is 11.3. The van der Waals surface area contributed by atoms with Gasteiger partial charge in [0.05, 0.1) is 21.6 Å². The topological polar surface area (TPSA) is 34.0 Å². The van der Waals surface area contributed by atoms with Gasteiger partial charge in [0, 0.05) is 25.3 Å². The highest BCUT2D eigenvalue weighted by atomic mass is 79.9. The van der Waals surface area contributed by atoms with Gasteiger partial charge in [0.25, 0.3) is 0 Å². The van der Waals surface area contributed by atoms with Crippen LogP contribution in [0.25, 0.3) is 0 Å². The van der Waals surface area contributed by atoms with E-state index in [1.54, 1.807) is 0 Å². The minimum atomic E-state index is 0.835. The van der Waals surface area contributed by atoms with Gasteiger partial charge in [-0.25, -0.2) is 0 Å². The molecule has 0 radical (unpaired) electrons. The molecule has 0 spiro atoms. The molecule has 0 N–H and O–H groups in total. The molecule has 0 fully saturated rings. The summed E-state index contributed by atoms with van der Waals surface area (Å²) < 4.78 is 3.17. The number of aromatic nitrogens is 3. The number of halogens is 1. The van der Waals surface area contributed by atoms with E-state index in [2.05, 4.69) is 61.7 Å². The van der Waals surface area contributed by atoms with Crippen LogP contribution in [-0.4, -0.2) is 26.7 Å². The van der Waals surface area contributed by atoms with E-state index in [1.165, 1.54) is 5.69 Å². The van der Waals surface area contributed by atoms with Gasteiger partial charge in [-0.3, -0.25) is 14.6 Å². The fourth-order valence-corrected chi connectivity index (χ4v) is 2.71. The molecule has 0 bridgehead atoms. The number of hydrogen-bond donors (Lipinski definition) is 0. The molecule has 0 aliphatic carbocycles. The van der Waals surface area contributed by atoms with Gasteiger partial charge in [-0.1, -0.05) is 6.07 Å². The summed E-state index contributed by atoms with van der Waals surface area (Å²) in [7, 11) is 2.11. The van der Waals surface area contributed by atoms with Gasteiger partial charge in [-0.2, -0.15) is 5.10 Å². The van der Waals surface area contributed by atoms with E-state index >= 15 is 0 Å². The maximum Gasteiger partial charge on any atom is 0.0739 e. The van der Waals surface area contributed by atoms with Crippen molar-refractivity contribution in [2.45, 2.75) is 40.4 Å². The number of pyridine rings is 1. The van der Waals surface area contributed by atoms with Crippen molar-refractivity contribution in [3.8, 4) is 0 Å². The number of rotatable bonds is 5. The summed E-state index contributed by atoms with van der Waals surface area (Å²) in [5, 5.41) is 4.53. The quantitative estimate of drug-likeness (QED) is 0.839. The zero-order chi connectivity index (χ0) is 14.7. The highest BCUT2D eigenvalue weighted by Crippen LogP contribution is 2.22. The Labute approximate surface area is 128 Å². The van der Waals surface area contributed by atoms with Crippen molar-refractivity contribution < 1.29 is 0 Å². The van der Waals surface area contributed by atoms with Crippen LogP contribution in [0.15, 0.2) is 22.7 Å². The summed E-state index contributed by atoms with van der Waals surface area (Å²) >= 11 is 3.64. The Morgan fingerprint density at radius 3 is 2.65 bits per heavy atom. The Bertz CT molecular complexity index is 592. The van der Waals surface area contributed by atoms with Crippen molar-refractivity contribution in [1.29, 1.82) is 0 Å². The molecule has 4 nitrogen and oxygen atoms in total. The fourth-order valence-electron chi connectivity index (χ4n) is 2.30. The Morgan fingerprint density at radius 1 is 1.25 bits per heavy atom. The molecule has 2 rings (SSSR count). The van der Waals surface area contributed by atoms with E-state index in [-0.39, 0.29) is 0 Å². The Morgan fingerprint density at radius 2 is 2.00 bits per heavy atom. The third-order valence-electron chi connectivity index (χ3n) is 3.25. The van der Waals surface area contributed by atoms with Gasteiger partial charge >= 0.3 is 0 Å². The second-order valence-corrected chi connectivity index (χ2v) is 5.90. The monoisotopic (exact) mass is 336 g/mol. The first-order valence-electron chi connectivity index (χ1n) is 6.84. The lowest BCUT2D eigenvalue weighted by atomic mass is 10.3. The summed E-state index contributed by atoms with van der Waals surface area (Å²) in [5.41, 5.74) is 4.43. The van der Waals surface area contributed by atoms with Crippen LogP contribution in [0.3, 0.4) is 0 Å². The molecule has 0 atom stereocenters. The van der Waals surface area contributed by atoms with Crippen LogP contribution in [0.2, 0.25) is 0 Å². The maximum atomic E-state index is 4.55. The smallest absolute Gasteiger partial charge is 0.0739 e. The van der Waals surface area contributed by atoms with Gasteiger partial charge in [-0.15, -0.1) is 0 Å². The molecular formula is C15H21BrN4. The number of nitrogens with zero attached hydrogens (tertiary/aromatic N) is 4. The van der Waals surface area contributed by atoms with E-state index in [4.69, 9.17) is 0 Å². The third kappa shape index (κ3) is 3.46. The van der Waals surface area contributed by atoms with E-state index in [1.807, 2.05) is 19.9 Å². The summed E-state index contributed by atoms with van der Waals surface area (Å²) in [4.78, 5) is 6.81. The Balaban J connectivity index is 2.10. The number of hydrogen-bond acceptors (Lipinski definition) is 3. The van der Waals surface area contributed by atoms with Gasteiger partial charge in [0.2, 0.25) is 0 Å². The van der Waals surface area contributed by atoms with Gasteiger partial charge < -0.3 is 0 Å². The van der Waals surface area contributed by atoms with Crippen LogP contribution in [0, 0.1) is 13.8 Å². The number of aryl methyl sites for hydroxylation is 3. The van der Waals surface area contributed by atoms with Gasteiger partial charge in [-0.05, 0) is 55.9 Å². The molecule has 5 heteroatoms. The molecule has 2 aromatic heterocycles. The largest absolute Gasteiger partial charge is 0.295 e. The highest BCUT2D eigenvalue weighted by Gasteiger charge is 2.14. The SMILES string of the molecule is CCn1nc(C)c(Br)c1CN(C)Cc1cccc(C)n1. The summed E-state index contributed by atoms with van der Waals surface area (Å²) in [5.74, 6) is 0. The van der Waals surface area contributed by atoms with Gasteiger partial charge in [0.1, 0.15) is 0 Å². The minimum Gasteiger partial charge on any atom is -0.295 e. The van der Waals surface area contributed by atoms with Crippen LogP contribution >= 0.6 is 15.9 Å². The van der Waals surface area contributed by atoms with E-state index in [0.29, 0.717) is 0 Å². The predicted octanol–water partition coefficient (Wildman–Crippen LogP) is 3.31. The molecular weight excluding hydrogens is 316 g/mol. The Hall–Kier alpha value is -1.20. The Kier molecular flexibility index (Phi) is 4.94. The first kappa shape index (κ1) is 15.2. The zero-order valence-corrected chi connectivity index (χ0v) is 14.1. The van der Waals surface area contributed by atoms with Crippen molar-refractivity contribution in [3.63, 3.8) is 0 Å². The fraction of sp³-hybridized carbons (Fsp3) is 0.467. The lowest BCUT2D eigenvalue weighted by Crippen LogP contribution is -2.20. The van der Waals surface area contributed by atoms with Crippen LogP contribution in [0.5, 0.6) is 0 Å². The molecule has 0 saturated heterocycles. The average molecular weight is 337 g/mol. The van der Waals surface area contributed by atoms with Crippen LogP contribution in [0.4, 0.5) is 0 Å². The minimum absolute atomic E-state index is 0.835. The molecule has 2 heterocycles. The highest BCUT2D eigenvalue weighted by molar-refractivity contribution is 9.10. The average Bonchev–Trinajstić information content (AvgIpc) is 2.66. The van der Waals surface area contributed by atoms with Crippen molar-refractivity contribution in [2.24, 2.45) is 0 Å². The molecule has 0 aromatic carbocycles. The molecule has 0 amide bonds. The first-order valence-corrected chi connectivity index (χ1v) is 7.63. The van der Waals surface area contributed by atoms with Crippen LogP contribution in [-0.2, 0) is 19.6 Å². The van der Waals surface area contributed by atoms with E-state index in [9.17, 15) is 0 Å². The lowest BCUT2D eigenvalue weighted by molar-refractivity contribution is 0.303. The summed E-state index contributed by atoms with van der Waals surface area (Å²) in [6.07, 6.45) is 0. The van der Waals surface area contributed by atoms with Crippen LogP contribution in [0.1, 0.15) is 29.7 Å². The molecule has 0 aliphatic rings. The summed E-state index contributed by atoms with van der Waals surface area (Å²) in [6.45, 7) is 8.74. The lowest BCUT2D eigenvalue weighted by Gasteiger charge is -2.17. The standard InChI is InChI=1S/C15H21BrN4/c1-5-20-14(15(16)12(3)18-20)10-19(4)9-13-8-6-7-11(2)17-13/h6-8H,5,9-10H2,1-4H3. The zero-order valence-electron chi connectivity index (χ0n) is 12.5. The molecule has 0 aliphatic heterocycles.